The minimum absolute atomic E-state index is 0.327. The van der Waals surface area contributed by atoms with E-state index in [1.807, 2.05) is 37.3 Å². The van der Waals surface area contributed by atoms with Crippen LogP contribution in [0.4, 0.5) is 0 Å². The van der Waals surface area contributed by atoms with Gasteiger partial charge in [0.05, 0.1) is 5.69 Å². The summed E-state index contributed by atoms with van der Waals surface area (Å²) in [5.41, 5.74) is 3.44. The van der Waals surface area contributed by atoms with Gasteiger partial charge in [0.2, 0.25) is 5.89 Å². The van der Waals surface area contributed by atoms with Crippen LogP contribution in [0.3, 0.4) is 0 Å². The van der Waals surface area contributed by atoms with Crippen molar-refractivity contribution in [3.8, 4) is 11.5 Å². The fourth-order valence-corrected chi connectivity index (χ4v) is 3.34. The second-order valence-corrected chi connectivity index (χ2v) is 6.52. The molecule has 4 rings (SSSR count). The lowest BCUT2D eigenvalue weighted by atomic mass is 9.97. The summed E-state index contributed by atoms with van der Waals surface area (Å²) < 4.78 is 5.92. The Morgan fingerprint density at radius 3 is 2.44 bits per heavy atom. The average Bonchev–Trinajstić information content (AvgIpc) is 3.06. The van der Waals surface area contributed by atoms with E-state index in [-0.39, 0.29) is 0 Å². The molecule has 0 aliphatic carbocycles. The van der Waals surface area contributed by atoms with Gasteiger partial charge in [-0.2, -0.15) is 0 Å². The first-order valence-corrected chi connectivity index (χ1v) is 8.78. The number of rotatable bonds is 4. The van der Waals surface area contributed by atoms with Gasteiger partial charge in [-0.3, -0.25) is 0 Å². The normalized spacial score (nSPS) is 17.0. The molecule has 2 heterocycles. The number of hydrogen-bond donors (Lipinski definition) is 0. The van der Waals surface area contributed by atoms with Gasteiger partial charge in [0.25, 0.3) is 0 Å². The van der Waals surface area contributed by atoms with Crippen molar-refractivity contribution >= 4 is 0 Å². The fraction of sp³-hybridized carbons (Fsp3) is 0.227. The maximum atomic E-state index is 5.92. The van der Waals surface area contributed by atoms with Gasteiger partial charge in [-0.15, -0.1) is 0 Å². The molecule has 1 atom stereocenters. The monoisotopic (exact) mass is 330 g/mol. The Morgan fingerprint density at radius 1 is 1.04 bits per heavy atom. The van der Waals surface area contributed by atoms with Crippen LogP contribution in [0.1, 0.15) is 29.4 Å². The molecule has 1 aromatic heterocycles. The van der Waals surface area contributed by atoms with Crippen molar-refractivity contribution in [2.75, 3.05) is 6.54 Å². The predicted molar refractivity (Wildman–Crippen MR) is 100 cm³/mol. The first-order chi connectivity index (χ1) is 12.3. The van der Waals surface area contributed by atoms with Crippen molar-refractivity contribution in [3.05, 3.63) is 90.0 Å². The SMILES string of the molecule is Cc1oc(-c2ccccc2)nc1C1C=CN(Cc2ccccc2)CC1. The van der Waals surface area contributed by atoms with Crippen LogP contribution in [0.15, 0.2) is 77.4 Å². The molecule has 0 saturated carbocycles. The van der Waals surface area contributed by atoms with Crippen LogP contribution in [-0.2, 0) is 6.54 Å². The summed E-state index contributed by atoms with van der Waals surface area (Å²) in [5, 5.41) is 0. The maximum absolute atomic E-state index is 5.92. The summed E-state index contributed by atoms with van der Waals surface area (Å²) in [4.78, 5) is 7.14. The lowest BCUT2D eigenvalue weighted by Gasteiger charge is -2.27. The van der Waals surface area contributed by atoms with E-state index in [4.69, 9.17) is 9.40 Å². The highest BCUT2D eigenvalue weighted by Gasteiger charge is 2.22. The van der Waals surface area contributed by atoms with E-state index in [1.54, 1.807) is 0 Å². The molecule has 0 fully saturated rings. The van der Waals surface area contributed by atoms with Gasteiger partial charge in [0, 0.05) is 24.6 Å². The second kappa shape index (κ2) is 6.98. The third kappa shape index (κ3) is 3.50. The Balaban J connectivity index is 1.49. The van der Waals surface area contributed by atoms with Crippen LogP contribution in [0.25, 0.3) is 11.5 Å². The summed E-state index contributed by atoms with van der Waals surface area (Å²) in [6.45, 7) is 4.00. The lowest BCUT2D eigenvalue weighted by molar-refractivity contribution is 0.335. The molecule has 1 unspecified atom stereocenters. The molecule has 3 aromatic rings. The smallest absolute Gasteiger partial charge is 0.226 e. The molecule has 1 aliphatic rings. The molecule has 0 amide bonds. The maximum Gasteiger partial charge on any atom is 0.226 e. The van der Waals surface area contributed by atoms with Crippen molar-refractivity contribution in [1.82, 2.24) is 9.88 Å². The van der Waals surface area contributed by atoms with Crippen LogP contribution in [0.5, 0.6) is 0 Å². The first kappa shape index (κ1) is 15.7. The average molecular weight is 330 g/mol. The quantitative estimate of drug-likeness (QED) is 0.662. The number of aromatic nitrogens is 1. The van der Waals surface area contributed by atoms with Crippen molar-refractivity contribution < 1.29 is 4.42 Å². The molecule has 126 valence electrons. The molecule has 0 saturated heterocycles. The molecule has 3 nitrogen and oxygen atoms in total. The van der Waals surface area contributed by atoms with Gasteiger partial charge in [-0.05, 0) is 37.2 Å². The van der Waals surface area contributed by atoms with Gasteiger partial charge < -0.3 is 9.32 Å². The van der Waals surface area contributed by atoms with E-state index in [2.05, 4.69) is 47.5 Å². The highest BCUT2D eigenvalue weighted by molar-refractivity contribution is 5.53. The van der Waals surface area contributed by atoms with Gasteiger partial charge in [-0.1, -0.05) is 54.6 Å². The third-order valence-electron chi connectivity index (χ3n) is 4.69. The molecule has 0 N–H and O–H groups in total. The zero-order chi connectivity index (χ0) is 17.1. The Labute approximate surface area is 148 Å². The lowest BCUT2D eigenvalue weighted by Crippen LogP contribution is -2.23. The van der Waals surface area contributed by atoms with Crippen LogP contribution < -0.4 is 0 Å². The summed E-state index contributed by atoms with van der Waals surface area (Å²) in [6, 6.07) is 20.7. The third-order valence-corrected chi connectivity index (χ3v) is 4.69. The van der Waals surface area contributed by atoms with Crippen molar-refractivity contribution in [1.29, 1.82) is 0 Å². The summed E-state index contributed by atoms with van der Waals surface area (Å²) in [7, 11) is 0. The summed E-state index contributed by atoms with van der Waals surface area (Å²) in [6.07, 6.45) is 5.52. The number of aryl methyl sites for hydroxylation is 1. The van der Waals surface area contributed by atoms with Gasteiger partial charge in [-0.25, -0.2) is 4.98 Å². The highest BCUT2D eigenvalue weighted by atomic mass is 16.4. The van der Waals surface area contributed by atoms with Crippen LogP contribution in [0.2, 0.25) is 0 Å². The standard InChI is InChI=1S/C22H22N2O/c1-17-21(23-22(25-17)20-10-6-3-7-11-20)19-12-14-24(15-13-19)16-18-8-4-2-5-9-18/h2-12,14,19H,13,15-16H2,1H3. The Kier molecular flexibility index (Phi) is 4.38. The Morgan fingerprint density at radius 2 is 1.76 bits per heavy atom. The molecule has 0 radical (unpaired) electrons. The van der Waals surface area contributed by atoms with E-state index in [0.29, 0.717) is 11.8 Å². The van der Waals surface area contributed by atoms with Crippen LogP contribution in [0, 0.1) is 6.92 Å². The van der Waals surface area contributed by atoms with E-state index in [9.17, 15) is 0 Å². The van der Waals surface area contributed by atoms with Crippen molar-refractivity contribution in [2.45, 2.75) is 25.8 Å². The molecular weight excluding hydrogens is 308 g/mol. The van der Waals surface area contributed by atoms with Crippen LogP contribution >= 0.6 is 0 Å². The Hall–Kier alpha value is -2.81. The summed E-state index contributed by atoms with van der Waals surface area (Å²) in [5.74, 6) is 1.96. The zero-order valence-corrected chi connectivity index (χ0v) is 14.4. The first-order valence-electron chi connectivity index (χ1n) is 8.78. The Bertz CT molecular complexity index is 852. The highest BCUT2D eigenvalue weighted by Crippen LogP contribution is 2.31. The molecule has 2 aromatic carbocycles. The van der Waals surface area contributed by atoms with Crippen molar-refractivity contribution in [3.63, 3.8) is 0 Å². The number of nitrogens with zero attached hydrogens (tertiary/aromatic N) is 2. The van der Waals surface area contributed by atoms with Gasteiger partial charge in [0.1, 0.15) is 5.76 Å². The zero-order valence-electron chi connectivity index (χ0n) is 14.4. The molecule has 3 heteroatoms. The second-order valence-electron chi connectivity index (χ2n) is 6.52. The molecule has 25 heavy (non-hydrogen) atoms. The van der Waals surface area contributed by atoms with Crippen molar-refractivity contribution in [2.24, 2.45) is 0 Å². The van der Waals surface area contributed by atoms with E-state index < -0.39 is 0 Å². The molecular formula is C22H22N2O. The number of allylic oxidation sites excluding steroid dienone is 1. The van der Waals surface area contributed by atoms with E-state index in [1.165, 1.54) is 5.56 Å². The predicted octanol–water partition coefficient (Wildman–Crippen LogP) is 5.15. The fourth-order valence-electron chi connectivity index (χ4n) is 3.34. The topological polar surface area (TPSA) is 29.3 Å². The van der Waals surface area contributed by atoms with Gasteiger partial charge in [0.15, 0.2) is 0 Å². The minimum atomic E-state index is 0.327. The van der Waals surface area contributed by atoms with E-state index >= 15 is 0 Å². The number of hydrogen-bond acceptors (Lipinski definition) is 3. The van der Waals surface area contributed by atoms with Crippen LogP contribution in [-0.4, -0.2) is 16.4 Å². The minimum Gasteiger partial charge on any atom is -0.441 e. The number of oxazole rings is 1. The molecule has 0 bridgehead atoms. The van der Waals surface area contributed by atoms with Gasteiger partial charge >= 0.3 is 0 Å². The number of benzene rings is 2. The summed E-state index contributed by atoms with van der Waals surface area (Å²) >= 11 is 0. The molecule has 1 aliphatic heterocycles. The molecule has 0 spiro atoms. The van der Waals surface area contributed by atoms with E-state index in [0.717, 1.165) is 36.5 Å². The largest absolute Gasteiger partial charge is 0.441 e.